The van der Waals surface area contributed by atoms with Crippen molar-refractivity contribution in [1.82, 2.24) is 10.6 Å². The lowest BCUT2D eigenvalue weighted by molar-refractivity contribution is 0.203. The number of methoxy groups -OCH3 is 1. The molecule has 0 rings (SSSR count). The average molecular weight is 243 g/mol. The zero-order chi connectivity index (χ0) is 12.9. The SMILES string of the molecule is CCCCCCC(C)NC(=NC)NCCOC. The highest BCUT2D eigenvalue weighted by atomic mass is 16.5. The van der Waals surface area contributed by atoms with Gasteiger partial charge in [0, 0.05) is 26.7 Å². The highest BCUT2D eigenvalue weighted by molar-refractivity contribution is 5.79. The highest BCUT2D eigenvalue weighted by Gasteiger charge is 2.04. The molecule has 1 unspecified atom stereocenters. The molecule has 0 aliphatic heterocycles. The van der Waals surface area contributed by atoms with E-state index in [4.69, 9.17) is 4.74 Å². The standard InChI is InChI=1S/C13H29N3O/c1-5-6-7-8-9-12(2)16-13(14-3)15-10-11-17-4/h12H,5-11H2,1-4H3,(H2,14,15,16). The molecule has 0 aromatic carbocycles. The number of rotatable bonds is 9. The second-order valence-electron chi connectivity index (χ2n) is 4.39. The van der Waals surface area contributed by atoms with Crippen molar-refractivity contribution in [1.29, 1.82) is 0 Å². The molecule has 0 saturated carbocycles. The second kappa shape index (κ2) is 11.7. The van der Waals surface area contributed by atoms with Gasteiger partial charge in [-0.2, -0.15) is 0 Å². The van der Waals surface area contributed by atoms with Gasteiger partial charge in [-0.1, -0.05) is 32.6 Å². The summed E-state index contributed by atoms with van der Waals surface area (Å²) in [7, 11) is 3.50. The fourth-order valence-electron chi connectivity index (χ4n) is 1.65. The quantitative estimate of drug-likeness (QED) is 0.370. The average Bonchev–Trinajstić information content (AvgIpc) is 2.33. The van der Waals surface area contributed by atoms with Crippen LogP contribution in [0.25, 0.3) is 0 Å². The normalized spacial score (nSPS) is 13.5. The monoisotopic (exact) mass is 243 g/mol. The highest BCUT2D eigenvalue weighted by Crippen LogP contribution is 2.04. The molecule has 17 heavy (non-hydrogen) atoms. The van der Waals surface area contributed by atoms with E-state index in [-0.39, 0.29) is 0 Å². The van der Waals surface area contributed by atoms with Crippen LogP contribution in [0.1, 0.15) is 46.0 Å². The van der Waals surface area contributed by atoms with Gasteiger partial charge in [-0.15, -0.1) is 0 Å². The largest absolute Gasteiger partial charge is 0.383 e. The molecule has 0 aliphatic rings. The third-order valence-corrected chi connectivity index (χ3v) is 2.70. The summed E-state index contributed by atoms with van der Waals surface area (Å²) in [4.78, 5) is 4.18. The molecule has 2 N–H and O–H groups in total. The van der Waals surface area contributed by atoms with E-state index >= 15 is 0 Å². The molecule has 0 saturated heterocycles. The Bertz CT molecular complexity index is 195. The predicted molar refractivity (Wildman–Crippen MR) is 74.6 cm³/mol. The van der Waals surface area contributed by atoms with Crippen molar-refractivity contribution in [3.63, 3.8) is 0 Å². The summed E-state index contributed by atoms with van der Waals surface area (Å²) in [6, 6.07) is 0.473. The number of ether oxygens (including phenoxy) is 1. The van der Waals surface area contributed by atoms with E-state index < -0.39 is 0 Å². The zero-order valence-electron chi connectivity index (χ0n) is 11.9. The van der Waals surface area contributed by atoms with Gasteiger partial charge in [0.1, 0.15) is 0 Å². The van der Waals surface area contributed by atoms with Crippen LogP contribution in [0.4, 0.5) is 0 Å². The molecule has 1 atom stereocenters. The first-order chi connectivity index (χ1) is 8.24. The Morgan fingerprint density at radius 3 is 2.65 bits per heavy atom. The van der Waals surface area contributed by atoms with Crippen LogP contribution >= 0.6 is 0 Å². The molecule has 0 aliphatic carbocycles. The molecule has 0 aromatic heterocycles. The van der Waals surface area contributed by atoms with E-state index in [2.05, 4.69) is 29.5 Å². The van der Waals surface area contributed by atoms with Gasteiger partial charge < -0.3 is 15.4 Å². The van der Waals surface area contributed by atoms with Crippen LogP contribution in [0.15, 0.2) is 4.99 Å². The van der Waals surface area contributed by atoms with E-state index in [1.807, 2.05) is 0 Å². The molecule has 0 fully saturated rings. The smallest absolute Gasteiger partial charge is 0.191 e. The fourth-order valence-corrected chi connectivity index (χ4v) is 1.65. The Labute approximate surface area is 106 Å². The number of guanidine groups is 1. The lowest BCUT2D eigenvalue weighted by Crippen LogP contribution is -2.43. The van der Waals surface area contributed by atoms with E-state index in [1.54, 1.807) is 14.2 Å². The summed E-state index contributed by atoms with van der Waals surface area (Å²) in [5.74, 6) is 0.866. The van der Waals surface area contributed by atoms with Gasteiger partial charge in [0.25, 0.3) is 0 Å². The summed E-state index contributed by atoms with van der Waals surface area (Å²) < 4.78 is 4.99. The summed E-state index contributed by atoms with van der Waals surface area (Å²) in [5, 5.41) is 6.60. The van der Waals surface area contributed by atoms with Crippen molar-refractivity contribution < 1.29 is 4.74 Å². The van der Waals surface area contributed by atoms with Gasteiger partial charge in [0.2, 0.25) is 0 Å². The van der Waals surface area contributed by atoms with Crippen LogP contribution in [0, 0.1) is 0 Å². The van der Waals surface area contributed by atoms with Crippen LogP contribution in [0.5, 0.6) is 0 Å². The van der Waals surface area contributed by atoms with Crippen LogP contribution in [-0.2, 0) is 4.74 Å². The van der Waals surface area contributed by atoms with Crippen molar-refractivity contribution in [2.24, 2.45) is 4.99 Å². The molecule has 0 amide bonds. The topological polar surface area (TPSA) is 45.7 Å². The minimum Gasteiger partial charge on any atom is -0.383 e. The number of unbranched alkanes of at least 4 members (excludes halogenated alkanes) is 3. The van der Waals surface area contributed by atoms with Crippen molar-refractivity contribution in [2.75, 3.05) is 27.3 Å². The first kappa shape index (κ1) is 16.2. The molecule has 0 heterocycles. The van der Waals surface area contributed by atoms with Crippen molar-refractivity contribution in [3.05, 3.63) is 0 Å². The number of nitrogens with zero attached hydrogens (tertiary/aromatic N) is 1. The Balaban J connectivity index is 3.63. The van der Waals surface area contributed by atoms with Gasteiger partial charge in [-0.25, -0.2) is 0 Å². The van der Waals surface area contributed by atoms with Crippen LogP contribution in [0.3, 0.4) is 0 Å². The zero-order valence-corrected chi connectivity index (χ0v) is 11.9. The first-order valence-corrected chi connectivity index (χ1v) is 6.70. The van der Waals surface area contributed by atoms with E-state index in [9.17, 15) is 0 Å². The van der Waals surface area contributed by atoms with Crippen LogP contribution in [-0.4, -0.2) is 39.3 Å². The predicted octanol–water partition coefficient (Wildman–Crippen LogP) is 2.16. The van der Waals surface area contributed by atoms with Gasteiger partial charge in [0.05, 0.1) is 6.61 Å². The first-order valence-electron chi connectivity index (χ1n) is 6.70. The summed E-state index contributed by atoms with van der Waals surface area (Å²) >= 11 is 0. The van der Waals surface area contributed by atoms with Gasteiger partial charge in [0.15, 0.2) is 5.96 Å². The minimum atomic E-state index is 0.473. The molecular formula is C13H29N3O. The maximum atomic E-state index is 4.99. The van der Waals surface area contributed by atoms with Gasteiger partial charge >= 0.3 is 0 Å². The van der Waals surface area contributed by atoms with Crippen molar-refractivity contribution in [2.45, 2.75) is 52.0 Å². The van der Waals surface area contributed by atoms with Gasteiger partial charge in [-0.05, 0) is 13.3 Å². The molecular weight excluding hydrogens is 214 g/mol. The summed E-state index contributed by atoms with van der Waals surface area (Å²) in [6.07, 6.45) is 6.45. The van der Waals surface area contributed by atoms with Crippen molar-refractivity contribution in [3.8, 4) is 0 Å². The van der Waals surface area contributed by atoms with Gasteiger partial charge in [-0.3, -0.25) is 4.99 Å². The van der Waals surface area contributed by atoms with E-state index in [0.29, 0.717) is 12.6 Å². The molecule has 0 bridgehead atoms. The molecule has 0 aromatic rings. The maximum absolute atomic E-state index is 4.99. The summed E-state index contributed by atoms with van der Waals surface area (Å²) in [5.41, 5.74) is 0. The Morgan fingerprint density at radius 1 is 1.29 bits per heavy atom. The minimum absolute atomic E-state index is 0.473. The lowest BCUT2D eigenvalue weighted by Gasteiger charge is -2.17. The number of nitrogens with one attached hydrogen (secondary N) is 2. The second-order valence-corrected chi connectivity index (χ2v) is 4.39. The van der Waals surface area contributed by atoms with Crippen LogP contribution < -0.4 is 10.6 Å². The fraction of sp³-hybridized carbons (Fsp3) is 0.923. The Hall–Kier alpha value is -0.770. The molecule has 102 valence electrons. The maximum Gasteiger partial charge on any atom is 0.191 e. The van der Waals surface area contributed by atoms with E-state index in [1.165, 1.54) is 32.1 Å². The number of aliphatic imine (C=N–C) groups is 1. The van der Waals surface area contributed by atoms with Crippen LogP contribution in [0.2, 0.25) is 0 Å². The summed E-state index contributed by atoms with van der Waals surface area (Å²) in [6.45, 7) is 5.93. The molecule has 0 radical (unpaired) electrons. The van der Waals surface area contributed by atoms with Crippen molar-refractivity contribution >= 4 is 5.96 Å². The number of hydrogen-bond acceptors (Lipinski definition) is 2. The third kappa shape index (κ3) is 10.1. The van der Waals surface area contributed by atoms with E-state index in [0.717, 1.165) is 12.5 Å². The molecule has 4 heteroatoms. The lowest BCUT2D eigenvalue weighted by atomic mass is 10.1. The Kier molecular flexibility index (Phi) is 11.2. The Morgan fingerprint density at radius 2 is 2.06 bits per heavy atom. The third-order valence-electron chi connectivity index (χ3n) is 2.70. The number of hydrogen-bond donors (Lipinski definition) is 2. The molecule has 0 spiro atoms. The molecule has 4 nitrogen and oxygen atoms in total.